The molecule has 4 nitrogen and oxygen atoms in total. The van der Waals surface area contributed by atoms with E-state index in [-0.39, 0.29) is 18.0 Å². The van der Waals surface area contributed by atoms with Crippen molar-refractivity contribution < 1.29 is 18.7 Å². The highest BCUT2D eigenvalue weighted by Crippen LogP contribution is 2.27. The first-order chi connectivity index (χ1) is 8.11. The quantitative estimate of drug-likeness (QED) is 0.496. The average molecular weight is 297 g/mol. The predicted molar refractivity (Wildman–Crippen MR) is 64.9 cm³/mol. The van der Waals surface area contributed by atoms with E-state index in [2.05, 4.69) is 20.7 Å². The lowest BCUT2D eigenvalue weighted by Gasteiger charge is -1.95. The molecule has 0 N–H and O–H groups in total. The lowest BCUT2D eigenvalue weighted by Crippen LogP contribution is -2.08. The van der Waals surface area contributed by atoms with Crippen LogP contribution in [0, 0.1) is 0 Å². The van der Waals surface area contributed by atoms with Gasteiger partial charge in [0.1, 0.15) is 12.0 Å². The molecule has 0 amide bonds. The molecule has 1 aromatic carbocycles. The van der Waals surface area contributed by atoms with Crippen LogP contribution >= 0.6 is 15.9 Å². The van der Waals surface area contributed by atoms with Crippen LogP contribution < -0.4 is 0 Å². The van der Waals surface area contributed by atoms with Crippen LogP contribution in [0.25, 0.3) is 11.0 Å². The molecule has 0 atom stereocenters. The number of carbonyl (C=O) groups excluding carboxylic acids is 2. The fourth-order valence-electron chi connectivity index (χ4n) is 1.46. The van der Waals surface area contributed by atoms with Crippen molar-refractivity contribution in [2.24, 2.45) is 0 Å². The van der Waals surface area contributed by atoms with Crippen molar-refractivity contribution in [2.45, 2.75) is 6.42 Å². The molecule has 2 rings (SSSR count). The van der Waals surface area contributed by atoms with E-state index in [4.69, 9.17) is 4.42 Å². The SMILES string of the molecule is COC(=O)CC(=O)c1cc2cccc(Br)c2o1. The molecule has 0 aliphatic heterocycles. The molecule has 0 fully saturated rings. The van der Waals surface area contributed by atoms with Gasteiger partial charge in [-0.25, -0.2) is 0 Å². The molecule has 0 saturated heterocycles. The third kappa shape index (κ3) is 2.39. The number of methoxy groups -OCH3 is 1. The van der Waals surface area contributed by atoms with Crippen molar-refractivity contribution in [3.05, 3.63) is 34.5 Å². The lowest BCUT2D eigenvalue weighted by atomic mass is 10.2. The van der Waals surface area contributed by atoms with E-state index >= 15 is 0 Å². The number of ketones is 1. The van der Waals surface area contributed by atoms with E-state index in [0.29, 0.717) is 5.58 Å². The Labute approximate surface area is 106 Å². The number of hydrogen-bond acceptors (Lipinski definition) is 4. The van der Waals surface area contributed by atoms with Gasteiger partial charge < -0.3 is 9.15 Å². The highest BCUT2D eigenvalue weighted by Gasteiger charge is 2.17. The van der Waals surface area contributed by atoms with E-state index in [1.807, 2.05) is 18.2 Å². The van der Waals surface area contributed by atoms with Crippen LogP contribution in [-0.2, 0) is 9.53 Å². The Morgan fingerprint density at radius 3 is 2.82 bits per heavy atom. The van der Waals surface area contributed by atoms with E-state index in [0.717, 1.165) is 9.86 Å². The van der Waals surface area contributed by atoms with Crippen molar-refractivity contribution in [3.8, 4) is 0 Å². The Kier molecular flexibility index (Phi) is 3.28. The lowest BCUT2D eigenvalue weighted by molar-refractivity contribution is -0.139. The van der Waals surface area contributed by atoms with Crippen LogP contribution in [0.15, 0.2) is 33.2 Å². The highest BCUT2D eigenvalue weighted by molar-refractivity contribution is 9.10. The maximum absolute atomic E-state index is 11.7. The largest absolute Gasteiger partial charge is 0.469 e. The van der Waals surface area contributed by atoms with Gasteiger partial charge >= 0.3 is 5.97 Å². The molecule has 1 heterocycles. The molecule has 2 aromatic rings. The zero-order chi connectivity index (χ0) is 12.4. The molecule has 0 unspecified atom stereocenters. The fourth-order valence-corrected chi connectivity index (χ4v) is 1.92. The van der Waals surface area contributed by atoms with Crippen molar-refractivity contribution in [3.63, 3.8) is 0 Å². The maximum Gasteiger partial charge on any atom is 0.313 e. The van der Waals surface area contributed by atoms with Crippen molar-refractivity contribution in [2.75, 3.05) is 7.11 Å². The first-order valence-corrected chi connectivity index (χ1v) is 5.69. The van der Waals surface area contributed by atoms with Crippen molar-refractivity contribution in [1.82, 2.24) is 0 Å². The average Bonchev–Trinajstić information content (AvgIpc) is 2.74. The first kappa shape index (κ1) is 11.9. The number of para-hydroxylation sites is 1. The van der Waals surface area contributed by atoms with Gasteiger partial charge in [0, 0.05) is 5.39 Å². The summed E-state index contributed by atoms with van der Waals surface area (Å²) in [5, 5.41) is 0.813. The molecule has 88 valence electrons. The van der Waals surface area contributed by atoms with E-state index in [1.165, 1.54) is 7.11 Å². The zero-order valence-electron chi connectivity index (χ0n) is 9.03. The molecule has 0 aliphatic rings. The minimum Gasteiger partial charge on any atom is -0.469 e. The summed E-state index contributed by atoms with van der Waals surface area (Å²) in [4.78, 5) is 22.7. The summed E-state index contributed by atoms with van der Waals surface area (Å²) in [7, 11) is 1.24. The molecule has 0 spiro atoms. The second kappa shape index (κ2) is 4.71. The first-order valence-electron chi connectivity index (χ1n) is 4.90. The smallest absolute Gasteiger partial charge is 0.313 e. The fraction of sp³-hybridized carbons (Fsp3) is 0.167. The van der Waals surface area contributed by atoms with Crippen LogP contribution in [-0.4, -0.2) is 18.9 Å². The third-order valence-electron chi connectivity index (χ3n) is 2.30. The number of rotatable bonds is 3. The van der Waals surface area contributed by atoms with Crippen LogP contribution in [0.2, 0.25) is 0 Å². The van der Waals surface area contributed by atoms with Gasteiger partial charge in [-0.1, -0.05) is 12.1 Å². The number of hydrogen-bond donors (Lipinski definition) is 0. The van der Waals surface area contributed by atoms with Gasteiger partial charge in [-0.15, -0.1) is 0 Å². The van der Waals surface area contributed by atoms with Gasteiger partial charge in [0.05, 0.1) is 11.6 Å². The predicted octanol–water partition coefficient (Wildman–Crippen LogP) is 2.94. The Bertz CT molecular complexity index is 585. The molecular weight excluding hydrogens is 288 g/mol. The van der Waals surface area contributed by atoms with Gasteiger partial charge in [-0.05, 0) is 28.1 Å². The second-order valence-corrected chi connectivity index (χ2v) is 4.30. The molecule has 0 bridgehead atoms. The van der Waals surface area contributed by atoms with E-state index < -0.39 is 5.97 Å². The number of halogens is 1. The van der Waals surface area contributed by atoms with Gasteiger partial charge in [-0.2, -0.15) is 0 Å². The Morgan fingerprint density at radius 2 is 2.18 bits per heavy atom. The standard InChI is InChI=1S/C12H9BrO4/c1-16-11(15)6-9(14)10-5-7-3-2-4-8(13)12(7)17-10/h2-5H,6H2,1H3. The number of carbonyl (C=O) groups is 2. The summed E-state index contributed by atoms with van der Waals surface area (Å²) in [6.45, 7) is 0. The topological polar surface area (TPSA) is 56.5 Å². The molecule has 1 aromatic heterocycles. The summed E-state index contributed by atoms with van der Waals surface area (Å²) in [6.07, 6.45) is -0.312. The van der Waals surface area contributed by atoms with Gasteiger partial charge in [0.25, 0.3) is 0 Å². The summed E-state index contributed by atoms with van der Waals surface area (Å²) in [5.41, 5.74) is 0.598. The van der Waals surface area contributed by atoms with Gasteiger partial charge in [0.15, 0.2) is 5.76 Å². The van der Waals surface area contributed by atoms with Crippen LogP contribution in [0.4, 0.5) is 0 Å². The second-order valence-electron chi connectivity index (χ2n) is 3.44. The minimum absolute atomic E-state index is 0.164. The Morgan fingerprint density at radius 1 is 1.41 bits per heavy atom. The number of esters is 1. The number of Topliss-reactive ketones (excluding diaryl/α,β-unsaturated/α-hetero) is 1. The molecule has 0 aliphatic carbocycles. The molecular formula is C12H9BrO4. The zero-order valence-corrected chi connectivity index (χ0v) is 10.6. The summed E-state index contributed by atoms with van der Waals surface area (Å²) in [6, 6.07) is 7.11. The van der Waals surface area contributed by atoms with E-state index in [9.17, 15) is 9.59 Å². The Balaban J connectivity index is 2.34. The minimum atomic E-state index is -0.575. The van der Waals surface area contributed by atoms with Gasteiger partial charge in [-0.3, -0.25) is 9.59 Å². The highest BCUT2D eigenvalue weighted by atomic mass is 79.9. The normalized spacial score (nSPS) is 10.5. The summed E-state index contributed by atoms with van der Waals surface area (Å²) in [5.74, 6) is -0.799. The summed E-state index contributed by atoms with van der Waals surface area (Å²) >= 11 is 3.33. The van der Waals surface area contributed by atoms with Crippen molar-refractivity contribution in [1.29, 1.82) is 0 Å². The summed E-state index contributed by atoms with van der Waals surface area (Å²) < 4.78 is 10.6. The Hall–Kier alpha value is -1.62. The molecule has 0 radical (unpaired) electrons. The van der Waals surface area contributed by atoms with Crippen LogP contribution in [0.3, 0.4) is 0 Å². The number of ether oxygens (including phenoxy) is 1. The maximum atomic E-state index is 11.7. The number of furan rings is 1. The van der Waals surface area contributed by atoms with Gasteiger partial charge in [0.2, 0.25) is 5.78 Å². The molecule has 0 saturated carbocycles. The number of fused-ring (bicyclic) bond motifs is 1. The molecule has 5 heteroatoms. The monoisotopic (exact) mass is 296 g/mol. The number of benzene rings is 1. The van der Waals surface area contributed by atoms with Crippen LogP contribution in [0.5, 0.6) is 0 Å². The van der Waals surface area contributed by atoms with Crippen LogP contribution in [0.1, 0.15) is 17.0 Å². The molecule has 17 heavy (non-hydrogen) atoms. The van der Waals surface area contributed by atoms with E-state index in [1.54, 1.807) is 6.07 Å². The third-order valence-corrected chi connectivity index (χ3v) is 2.93. The van der Waals surface area contributed by atoms with Crippen molar-refractivity contribution >= 4 is 38.7 Å².